The highest BCUT2D eigenvalue weighted by Gasteiger charge is 2.34. The standard InChI is InChI=1S/C58H80N6O17/c1-57(2,3)80-55(69)61-19-25-73-31-37-77-35-29-71-23-17-59-47-15-13-45-49-41(47)9-7-11-43(49)51(65)63(53(45)67)21-27-75-33-39-78-36-30-72-24-18-60-48-16-14-46-50-42(48)10-8-12-44(50)52(66)64(54(46)68)22-28-76-34-40-79-38-32-74-26-20-62-56(70)81-58(4,5)6/h7-16,59-60H,17-40H2,1-6H3,(H,61,69)(H,62,70). The van der Waals surface area contributed by atoms with Crippen LogP contribution in [0.5, 0.6) is 0 Å². The van der Waals surface area contributed by atoms with Gasteiger partial charge in [0.1, 0.15) is 11.2 Å². The third-order valence-electron chi connectivity index (χ3n) is 12.1. The Labute approximate surface area is 473 Å². The second-order valence-corrected chi connectivity index (χ2v) is 20.5. The van der Waals surface area contributed by atoms with Crippen molar-refractivity contribution in [3.8, 4) is 0 Å². The number of alkyl carbamates (subject to hydrolysis) is 2. The molecule has 81 heavy (non-hydrogen) atoms. The summed E-state index contributed by atoms with van der Waals surface area (Å²) in [5.41, 5.74) is 2.22. The van der Waals surface area contributed by atoms with Crippen molar-refractivity contribution >= 4 is 68.7 Å². The summed E-state index contributed by atoms with van der Waals surface area (Å²) in [6.45, 7) is 18.4. The fourth-order valence-electron chi connectivity index (χ4n) is 8.54. The van der Waals surface area contributed by atoms with Crippen LogP contribution in [0.15, 0.2) is 60.7 Å². The van der Waals surface area contributed by atoms with Crippen LogP contribution in [0.3, 0.4) is 0 Å². The molecule has 0 unspecified atom stereocenters. The van der Waals surface area contributed by atoms with E-state index in [0.717, 1.165) is 22.1 Å². The van der Waals surface area contributed by atoms with Crippen molar-refractivity contribution in [2.24, 2.45) is 0 Å². The van der Waals surface area contributed by atoms with Crippen molar-refractivity contribution in [1.29, 1.82) is 0 Å². The van der Waals surface area contributed by atoms with E-state index < -0.39 is 23.4 Å². The Bertz CT molecular complexity index is 2670. The van der Waals surface area contributed by atoms with Crippen LogP contribution in [0.25, 0.3) is 21.5 Å². The van der Waals surface area contributed by atoms with Gasteiger partial charge in [0, 0.05) is 81.4 Å². The third kappa shape index (κ3) is 20.4. The van der Waals surface area contributed by atoms with E-state index in [1.807, 2.05) is 24.3 Å². The first-order valence-electron chi connectivity index (χ1n) is 27.5. The van der Waals surface area contributed by atoms with E-state index in [1.54, 1.807) is 77.9 Å². The monoisotopic (exact) mass is 1130 g/mol. The van der Waals surface area contributed by atoms with Crippen molar-refractivity contribution in [2.45, 2.75) is 52.7 Å². The summed E-state index contributed by atoms with van der Waals surface area (Å²) in [6, 6.07) is 18.0. The number of hydrogen-bond acceptors (Lipinski definition) is 19. The largest absolute Gasteiger partial charge is 0.444 e. The van der Waals surface area contributed by atoms with E-state index >= 15 is 0 Å². The SMILES string of the molecule is CC(C)(C)OC(=O)NCCOCCOCCOCCNc1ccc2c3c(cccc13)C(=O)N(CCOCCOCCOCCNc1ccc3c4c(cccc14)C(=O)N(CCOCCOCCOCCNC(=O)OC(C)(C)C)C3=O)C2=O. The van der Waals surface area contributed by atoms with Crippen LogP contribution in [0.4, 0.5) is 21.0 Å². The van der Waals surface area contributed by atoms with Gasteiger partial charge in [-0.3, -0.25) is 29.0 Å². The number of benzene rings is 4. The molecule has 2 aliphatic heterocycles. The Hall–Kier alpha value is -6.54. The highest BCUT2D eigenvalue weighted by molar-refractivity contribution is 6.27. The summed E-state index contributed by atoms with van der Waals surface area (Å²) in [5, 5.41) is 14.7. The van der Waals surface area contributed by atoms with Gasteiger partial charge in [0.15, 0.2) is 0 Å². The van der Waals surface area contributed by atoms with Crippen LogP contribution in [0.1, 0.15) is 83.0 Å². The van der Waals surface area contributed by atoms with Crippen molar-refractivity contribution in [3.05, 3.63) is 82.9 Å². The molecule has 23 heteroatoms. The van der Waals surface area contributed by atoms with Crippen molar-refractivity contribution in [3.63, 3.8) is 0 Å². The zero-order valence-electron chi connectivity index (χ0n) is 47.6. The molecule has 23 nitrogen and oxygen atoms in total. The molecule has 0 saturated carbocycles. The van der Waals surface area contributed by atoms with Gasteiger partial charge in [0.25, 0.3) is 23.6 Å². The molecule has 0 bridgehead atoms. The molecule has 0 saturated heterocycles. The number of ether oxygens (including phenoxy) is 11. The van der Waals surface area contributed by atoms with Gasteiger partial charge in [-0.15, -0.1) is 0 Å². The number of hydrogen-bond donors (Lipinski definition) is 4. The van der Waals surface area contributed by atoms with Crippen LogP contribution in [-0.4, -0.2) is 215 Å². The Balaban J connectivity index is 0.781. The van der Waals surface area contributed by atoms with E-state index in [2.05, 4.69) is 21.3 Å². The number of imide groups is 2. The smallest absolute Gasteiger partial charge is 0.407 e. The second-order valence-electron chi connectivity index (χ2n) is 20.5. The van der Waals surface area contributed by atoms with E-state index in [-0.39, 0.29) is 63.1 Å². The molecular weight excluding hydrogens is 1050 g/mol. The molecule has 0 atom stereocenters. The minimum absolute atomic E-state index is 0.0861. The Morgan fingerprint density at radius 3 is 0.975 bits per heavy atom. The average Bonchev–Trinajstić information content (AvgIpc) is 3.61. The molecule has 0 radical (unpaired) electrons. The maximum absolute atomic E-state index is 13.6. The summed E-state index contributed by atoms with van der Waals surface area (Å²) in [7, 11) is 0. The molecule has 4 aromatic rings. The molecule has 0 aromatic heterocycles. The van der Waals surface area contributed by atoms with E-state index in [9.17, 15) is 28.8 Å². The van der Waals surface area contributed by atoms with Gasteiger partial charge in [-0.05, 0) is 77.9 Å². The van der Waals surface area contributed by atoms with Crippen molar-refractivity contribution in [1.82, 2.24) is 20.4 Å². The van der Waals surface area contributed by atoms with Crippen LogP contribution in [0.2, 0.25) is 0 Å². The minimum Gasteiger partial charge on any atom is -0.444 e. The normalized spacial score (nSPS) is 13.4. The number of anilines is 2. The third-order valence-corrected chi connectivity index (χ3v) is 12.1. The van der Waals surface area contributed by atoms with Gasteiger partial charge in [0.2, 0.25) is 0 Å². The van der Waals surface area contributed by atoms with Gasteiger partial charge in [0.05, 0.1) is 132 Å². The van der Waals surface area contributed by atoms with E-state index in [4.69, 9.17) is 52.1 Å². The first-order valence-corrected chi connectivity index (χ1v) is 27.5. The Morgan fingerprint density at radius 2 is 0.654 bits per heavy atom. The zero-order valence-corrected chi connectivity index (χ0v) is 47.6. The van der Waals surface area contributed by atoms with Crippen molar-refractivity contribution in [2.75, 3.05) is 169 Å². The van der Waals surface area contributed by atoms with E-state index in [0.29, 0.717) is 152 Å². The zero-order chi connectivity index (χ0) is 58.0. The maximum Gasteiger partial charge on any atom is 0.407 e. The molecule has 4 aromatic carbocycles. The quantitative estimate of drug-likeness (QED) is 0.0300. The molecular formula is C58H80N6O17. The number of carbonyl (C=O) groups excluding carboxylic acids is 6. The first-order chi connectivity index (χ1) is 39.0. The lowest BCUT2D eigenvalue weighted by Gasteiger charge is -2.28. The van der Waals surface area contributed by atoms with Crippen LogP contribution in [-0.2, 0) is 52.1 Å². The van der Waals surface area contributed by atoms with Gasteiger partial charge < -0.3 is 73.4 Å². The van der Waals surface area contributed by atoms with Crippen LogP contribution < -0.4 is 21.3 Å². The Morgan fingerprint density at radius 1 is 0.370 bits per heavy atom. The summed E-state index contributed by atoms with van der Waals surface area (Å²) in [5.74, 6) is -1.52. The molecule has 2 heterocycles. The van der Waals surface area contributed by atoms with Gasteiger partial charge in [-0.1, -0.05) is 24.3 Å². The number of rotatable bonds is 38. The molecule has 444 valence electrons. The lowest BCUT2D eigenvalue weighted by molar-refractivity contribution is 0.0105. The maximum atomic E-state index is 13.6. The van der Waals surface area contributed by atoms with E-state index in [1.165, 1.54) is 9.80 Å². The van der Waals surface area contributed by atoms with Crippen molar-refractivity contribution < 1.29 is 80.9 Å². The molecule has 6 amide bonds. The fourth-order valence-corrected chi connectivity index (χ4v) is 8.54. The first kappa shape index (κ1) is 63.6. The fraction of sp³-hybridized carbons (Fsp3) is 0.552. The molecule has 4 N–H and O–H groups in total. The molecule has 6 rings (SSSR count). The average molecular weight is 1130 g/mol. The lowest BCUT2D eigenvalue weighted by Crippen LogP contribution is -2.42. The molecule has 0 aliphatic carbocycles. The Kier molecular flexibility index (Phi) is 25.8. The number of amides is 6. The summed E-state index contributed by atoms with van der Waals surface area (Å²) >= 11 is 0. The van der Waals surface area contributed by atoms with Crippen LogP contribution >= 0.6 is 0 Å². The minimum atomic E-state index is -0.565. The predicted molar refractivity (Wildman–Crippen MR) is 301 cm³/mol. The van der Waals surface area contributed by atoms with Crippen LogP contribution in [0, 0.1) is 0 Å². The van der Waals surface area contributed by atoms with Gasteiger partial charge in [-0.25, -0.2) is 9.59 Å². The number of nitrogens with zero attached hydrogens (tertiary/aromatic N) is 2. The summed E-state index contributed by atoms with van der Waals surface area (Å²) < 4.78 is 60.9. The summed E-state index contributed by atoms with van der Waals surface area (Å²) in [6.07, 6.45) is -0.980. The van der Waals surface area contributed by atoms with Gasteiger partial charge in [-0.2, -0.15) is 0 Å². The second kappa shape index (κ2) is 32.8. The summed E-state index contributed by atoms with van der Waals surface area (Å²) in [4.78, 5) is 80.0. The number of carbonyl (C=O) groups is 6. The number of nitrogens with one attached hydrogen (secondary N) is 4. The molecule has 0 fully saturated rings. The molecule has 2 aliphatic rings. The molecule has 0 spiro atoms. The predicted octanol–water partition coefficient (Wildman–Crippen LogP) is 5.91. The lowest BCUT2D eigenvalue weighted by atomic mass is 9.93. The highest BCUT2D eigenvalue weighted by atomic mass is 16.6. The topological polar surface area (TPSA) is 259 Å². The highest BCUT2D eigenvalue weighted by Crippen LogP contribution is 2.36. The van der Waals surface area contributed by atoms with Gasteiger partial charge >= 0.3 is 12.2 Å².